The zero-order chi connectivity index (χ0) is 7.15. The summed E-state index contributed by atoms with van der Waals surface area (Å²) in [6.07, 6.45) is 0. The average Bonchev–Trinajstić information content (AvgIpc) is 1.25. The average molecular weight is 292 g/mol. The van der Waals surface area contributed by atoms with Gasteiger partial charge in [0.25, 0.3) is 0 Å². The monoisotopic (exact) mass is 290 g/mol. The van der Waals surface area contributed by atoms with Crippen LogP contribution in [0.15, 0.2) is 0 Å². The molecule has 0 bridgehead atoms. The van der Waals surface area contributed by atoms with Gasteiger partial charge in [-0.1, -0.05) is 0 Å². The first-order chi connectivity index (χ1) is 3.46. The molecule has 4 heteroatoms. The molecule has 0 saturated carbocycles. The van der Waals surface area contributed by atoms with Crippen molar-refractivity contribution in [1.29, 1.82) is 0 Å². The molecule has 0 spiro atoms. The van der Waals surface area contributed by atoms with Crippen molar-refractivity contribution in [2.24, 2.45) is 0 Å². The fourth-order valence-electron chi connectivity index (χ4n) is 0. The molecular weight excluding hydrogens is 272 g/mol. The Balaban J connectivity index is -0.0000000112. The second-order valence-corrected chi connectivity index (χ2v) is 3.00. The summed E-state index contributed by atoms with van der Waals surface area (Å²) in [5.74, 6) is 2.83. The van der Waals surface area contributed by atoms with Gasteiger partial charge in [0.1, 0.15) is 0 Å². The summed E-state index contributed by atoms with van der Waals surface area (Å²) in [4.78, 5) is 0. The van der Waals surface area contributed by atoms with Gasteiger partial charge >= 0.3 is 26.2 Å². The maximum absolute atomic E-state index is 2.08. The molecule has 0 atom stereocenters. The number of nitrogens with two attached hydrogens (primary N) is 1. The third kappa shape index (κ3) is 613. The smallest absolute Gasteiger partial charge is 1.00 e. The van der Waals surface area contributed by atoms with Crippen molar-refractivity contribution >= 4 is 0 Å². The predicted molar refractivity (Wildman–Crippen MR) is 45.8 cm³/mol. The molecule has 12 heavy (non-hydrogen) atoms. The van der Waals surface area contributed by atoms with E-state index in [1.54, 1.807) is 0 Å². The fourth-order valence-corrected chi connectivity index (χ4v) is 0. The molecular formula is C8H20Cl2NZr-3. The minimum Gasteiger partial charge on any atom is -1.00 e. The van der Waals surface area contributed by atoms with E-state index >= 15 is 0 Å². The molecule has 1 nitrogen and oxygen atoms in total. The van der Waals surface area contributed by atoms with Gasteiger partial charge in [-0.05, 0) is 0 Å². The molecule has 0 heterocycles. The van der Waals surface area contributed by atoms with Crippen LogP contribution in [0, 0.1) is 11.8 Å². The SMILES string of the molecule is C[C-](C)C.C[C-](C)C.[Cl-].[Cl-].[NH2-].[Zr+2]. The summed E-state index contributed by atoms with van der Waals surface area (Å²) in [6.45, 7) is 12.5. The summed E-state index contributed by atoms with van der Waals surface area (Å²) in [5, 5.41) is 0. The van der Waals surface area contributed by atoms with E-state index in [-0.39, 0.29) is 57.2 Å². The number of rotatable bonds is 0. The topological polar surface area (TPSA) is 33.5 Å². The number of hydrogen-bond donors (Lipinski definition) is 0. The van der Waals surface area contributed by atoms with Gasteiger partial charge < -0.3 is 42.8 Å². The predicted octanol–water partition coefficient (Wildman–Crippen LogP) is -2.04. The van der Waals surface area contributed by atoms with Crippen molar-refractivity contribution in [3.05, 3.63) is 18.0 Å². The second-order valence-electron chi connectivity index (χ2n) is 3.00. The first-order valence-electron chi connectivity index (χ1n) is 3.00. The van der Waals surface area contributed by atoms with Gasteiger partial charge in [0, 0.05) is 0 Å². The number of halogens is 2. The van der Waals surface area contributed by atoms with Crippen LogP contribution >= 0.6 is 0 Å². The van der Waals surface area contributed by atoms with Crippen LogP contribution in [0.1, 0.15) is 41.5 Å². The van der Waals surface area contributed by atoms with Crippen LogP contribution < -0.4 is 24.8 Å². The van der Waals surface area contributed by atoms with Crippen LogP contribution in [0.2, 0.25) is 0 Å². The quantitative estimate of drug-likeness (QED) is 0.461. The Kier molecular flexibility index (Phi) is 92.2. The van der Waals surface area contributed by atoms with Crippen molar-refractivity contribution in [1.82, 2.24) is 0 Å². The zero-order valence-corrected chi connectivity index (χ0v) is 12.8. The summed E-state index contributed by atoms with van der Waals surface area (Å²) < 4.78 is 0. The Labute approximate surface area is 110 Å². The number of hydrogen-bond acceptors (Lipinski definition) is 0. The molecule has 0 amide bonds. The summed E-state index contributed by atoms with van der Waals surface area (Å²) >= 11 is 0. The van der Waals surface area contributed by atoms with Crippen molar-refractivity contribution in [3.63, 3.8) is 0 Å². The van der Waals surface area contributed by atoms with E-state index in [0.717, 1.165) is 0 Å². The van der Waals surface area contributed by atoms with Crippen LogP contribution in [-0.4, -0.2) is 0 Å². The van der Waals surface area contributed by atoms with E-state index in [4.69, 9.17) is 0 Å². The van der Waals surface area contributed by atoms with Gasteiger partial charge in [0.2, 0.25) is 0 Å². The molecule has 0 rings (SSSR count). The summed E-state index contributed by atoms with van der Waals surface area (Å²) in [5.41, 5.74) is 0. The van der Waals surface area contributed by atoms with Gasteiger partial charge in [-0.15, -0.1) is 0 Å². The first-order valence-corrected chi connectivity index (χ1v) is 3.00. The fraction of sp³-hybridized carbons (Fsp3) is 0.750. The van der Waals surface area contributed by atoms with E-state index in [0.29, 0.717) is 0 Å². The van der Waals surface area contributed by atoms with Crippen LogP contribution in [0.3, 0.4) is 0 Å². The molecule has 78 valence electrons. The van der Waals surface area contributed by atoms with E-state index in [2.05, 4.69) is 41.5 Å². The minimum atomic E-state index is 0. The maximum Gasteiger partial charge on any atom is 2.00 e. The van der Waals surface area contributed by atoms with Gasteiger partial charge in [-0.3, -0.25) is 0 Å². The molecule has 0 aromatic rings. The Hall–Kier alpha value is 1.42. The normalized spacial score (nSPS) is 6.00. The van der Waals surface area contributed by atoms with Crippen molar-refractivity contribution in [3.8, 4) is 0 Å². The van der Waals surface area contributed by atoms with E-state index in [1.165, 1.54) is 11.8 Å². The molecule has 0 radical (unpaired) electrons. The van der Waals surface area contributed by atoms with E-state index in [9.17, 15) is 0 Å². The second kappa shape index (κ2) is 29.4. The van der Waals surface area contributed by atoms with Crippen LogP contribution in [0.4, 0.5) is 0 Å². The molecule has 0 aromatic heterocycles. The van der Waals surface area contributed by atoms with Crippen LogP contribution in [-0.2, 0) is 26.2 Å². The molecule has 2 N–H and O–H groups in total. The molecule has 0 aromatic carbocycles. The zero-order valence-electron chi connectivity index (χ0n) is 8.83. The Bertz CT molecular complexity index is 32.5. The van der Waals surface area contributed by atoms with Crippen molar-refractivity contribution in [2.45, 2.75) is 41.5 Å². The standard InChI is InChI=1S/2C4H9.2ClH.H2N.Zr/c2*1-4(2)3;;;;/h2*1-3H3;2*1H;1H2;/q2*-1;;;-1;+2/p-2. The molecule has 0 saturated heterocycles. The maximum atomic E-state index is 2.08. The Morgan fingerprint density at radius 3 is 0.583 bits per heavy atom. The third-order valence-corrected chi connectivity index (χ3v) is 0. The molecule has 0 unspecified atom stereocenters. The Morgan fingerprint density at radius 1 is 0.583 bits per heavy atom. The van der Waals surface area contributed by atoms with Crippen LogP contribution in [0.5, 0.6) is 0 Å². The van der Waals surface area contributed by atoms with Crippen molar-refractivity contribution in [2.75, 3.05) is 0 Å². The van der Waals surface area contributed by atoms with E-state index < -0.39 is 0 Å². The largest absolute Gasteiger partial charge is 2.00 e. The van der Waals surface area contributed by atoms with E-state index in [1.807, 2.05) is 0 Å². The minimum absolute atomic E-state index is 0. The molecule has 0 aliphatic heterocycles. The summed E-state index contributed by atoms with van der Waals surface area (Å²) in [7, 11) is 0. The van der Waals surface area contributed by atoms with Crippen molar-refractivity contribution < 1.29 is 51.0 Å². The third-order valence-electron chi connectivity index (χ3n) is 0. The van der Waals surface area contributed by atoms with Gasteiger partial charge in [-0.2, -0.15) is 41.5 Å². The molecule has 0 fully saturated rings. The first kappa shape index (κ1) is 37.6. The van der Waals surface area contributed by atoms with Gasteiger partial charge in [0.15, 0.2) is 0 Å². The van der Waals surface area contributed by atoms with Gasteiger partial charge in [0.05, 0.1) is 0 Å². The van der Waals surface area contributed by atoms with Crippen LogP contribution in [0.25, 0.3) is 6.15 Å². The van der Waals surface area contributed by atoms with Gasteiger partial charge in [-0.25, -0.2) is 0 Å². The Morgan fingerprint density at radius 2 is 0.583 bits per heavy atom. The molecule has 0 aliphatic rings. The molecule has 0 aliphatic carbocycles. The summed E-state index contributed by atoms with van der Waals surface area (Å²) in [6, 6.07) is 0.